The molecule has 2 N–H and O–H groups in total. The summed E-state index contributed by atoms with van der Waals surface area (Å²) in [6, 6.07) is 3.06. The molecule has 25 heavy (non-hydrogen) atoms. The van der Waals surface area contributed by atoms with E-state index in [1.54, 1.807) is 0 Å². The molecule has 1 heterocycles. The molecule has 1 aliphatic heterocycles. The van der Waals surface area contributed by atoms with Gasteiger partial charge in [0.05, 0.1) is 21.3 Å². The lowest BCUT2D eigenvalue weighted by molar-refractivity contribution is 0.238. The first kappa shape index (κ1) is 21.8. The molecule has 2 rings (SSSR count). The molecule has 1 saturated heterocycles. The van der Waals surface area contributed by atoms with E-state index in [0.29, 0.717) is 12.3 Å². The van der Waals surface area contributed by atoms with Crippen molar-refractivity contribution in [1.82, 2.24) is 10.0 Å². The average molecular weight is 395 g/mol. The van der Waals surface area contributed by atoms with Gasteiger partial charge < -0.3 is 19.5 Å². The zero-order valence-corrected chi connectivity index (χ0v) is 16.7. The first-order valence-electron chi connectivity index (χ1n) is 7.85. The Hall–Kier alpha value is -1.22. The van der Waals surface area contributed by atoms with Crippen LogP contribution in [0, 0.1) is 5.41 Å². The average Bonchev–Trinajstić information content (AvgIpc) is 2.59. The Morgan fingerprint density at radius 1 is 1.16 bits per heavy atom. The third-order valence-electron chi connectivity index (χ3n) is 4.31. The molecule has 1 atom stereocenters. The first-order chi connectivity index (χ1) is 11.3. The second kappa shape index (κ2) is 8.93. The predicted molar refractivity (Wildman–Crippen MR) is 98.7 cm³/mol. The fourth-order valence-electron chi connectivity index (χ4n) is 2.85. The number of hydrogen-bond donors (Lipinski definition) is 2. The van der Waals surface area contributed by atoms with Gasteiger partial charge in [-0.1, -0.05) is 6.92 Å². The lowest BCUT2D eigenvalue weighted by Crippen LogP contribution is -2.45. The second-order valence-electron chi connectivity index (χ2n) is 6.28. The number of halogens is 1. The molecule has 7 nitrogen and oxygen atoms in total. The molecule has 1 aliphatic rings. The van der Waals surface area contributed by atoms with Crippen molar-refractivity contribution in [2.45, 2.75) is 24.7 Å². The van der Waals surface area contributed by atoms with E-state index in [1.165, 1.54) is 33.5 Å². The zero-order valence-electron chi connectivity index (χ0n) is 15.0. The van der Waals surface area contributed by atoms with Crippen LogP contribution in [0.3, 0.4) is 0 Å². The van der Waals surface area contributed by atoms with Crippen molar-refractivity contribution in [3.63, 3.8) is 0 Å². The van der Waals surface area contributed by atoms with Crippen molar-refractivity contribution in [3.05, 3.63) is 12.1 Å². The molecular formula is C16H27ClN2O5S. The van der Waals surface area contributed by atoms with Gasteiger partial charge in [-0.15, -0.1) is 12.4 Å². The Morgan fingerprint density at radius 2 is 1.76 bits per heavy atom. The van der Waals surface area contributed by atoms with Gasteiger partial charge in [0.15, 0.2) is 4.90 Å². The number of methoxy groups -OCH3 is 3. The van der Waals surface area contributed by atoms with E-state index in [4.69, 9.17) is 14.2 Å². The van der Waals surface area contributed by atoms with Gasteiger partial charge in [-0.2, -0.15) is 0 Å². The summed E-state index contributed by atoms with van der Waals surface area (Å²) in [5.41, 5.74) is -0.113. The summed E-state index contributed by atoms with van der Waals surface area (Å²) in [7, 11) is 0.539. The van der Waals surface area contributed by atoms with E-state index in [0.717, 1.165) is 25.9 Å². The molecule has 0 saturated carbocycles. The lowest BCUT2D eigenvalue weighted by Gasteiger charge is -2.34. The molecule has 0 spiro atoms. The quantitative estimate of drug-likeness (QED) is 0.733. The van der Waals surface area contributed by atoms with Crippen LogP contribution < -0.4 is 24.2 Å². The summed E-state index contributed by atoms with van der Waals surface area (Å²) in [4.78, 5) is -0.0133. The van der Waals surface area contributed by atoms with E-state index >= 15 is 0 Å². The Bertz CT molecular complexity index is 650. The van der Waals surface area contributed by atoms with Crippen LogP contribution in [0.2, 0.25) is 0 Å². The third-order valence-corrected chi connectivity index (χ3v) is 5.78. The van der Waals surface area contributed by atoms with E-state index in [9.17, 15) is 8.42 Å². The highest BCUT2D eigenvalue weighted by Crippen LogP contribution is 2.37. The topological polar surface area (TPSA) is 85.9 Å². The van der Waals surface area contributed by atoms with Crippen LogP contribution in [-0.2, 0) is 10.0 Å². The molecule has 0 bridgehead atoms. The molecule has 1 aromatic rings. The van der Waals surface area contributed by atoms with Crippen LogP contribution in [0.5, 0.6) is 17.2 Å². The highest BCUT2D eigenvalue weighted by Gasteiger charge is 2.31. The Balaban J connectivity index is 0.00000312. The van der Waals surface area contributed by atoms with Crippen LogP contribution in [-0.4, -0.2) is 49.4 Å². The molecule has 0 aromatic heterocycles. The molecule has 0 aliphatic carbocycles. The molecule has 9 heteroatoms. The number of sulfonamides is 1. The van der Waals surface area contributed by atoms with Crippen LogP contribution in [0.4, 0.5) is 0 Å². The van der Waals surface area contributed by atoms with Gasteiger partial charge in [0.2, 0.25) is 10.0 Å². The molecule has 1 aromatic carbocycles. The number of rotatable bonds is 7. The largest absolute Gasteiger partial charge is 0.496 e. The second-order valence-corrected chi connectivity index (χ2v) is 7.98. The molecular weight excluding hydrogens is 368 g/mol. The van der Waals surface area contributed by atoms with Gasteiger partial charge in [0.1, 0.15) is 17.2 Å². The summed E-state index contributed by atoms with van der Waals surface area (Å²) >= 11 is 0. The minimum Gasteiger partial charge on any atom is -0.496 e. The van der Waals surface area contributed by atoms with Gasteiger partial charge in [0.25, 0.3) is 0 Å². The maximum Gasteiger partial charge on any atom is 0.247 e. The minimum absolute atomic E-state index is 0. The highest BCUT2D eigenvalue weighted by molar-refractivity contribution is 7.89. The number of hydrogen-bond acceptors (Lipinski definition) is 6. The monoisotopic (exact) mass is 394 g/mol. The van der Waals surface area contributed by atoms with Crippen LogP contribution >= 0.6 is 12.4 Å². The van der Waals surface area contributed by atoms with Gasteiger partial charge in [0, 0.05) is 25.2 Å². The van der Waals surface area contributed by atoms with E-state index in [-0.39, 0.29) is 34.2 Å². The summed E-state index contributed by atoms with van der Waals surface area (Å²) in [6.45, 7) is 4.18. The first-order valence-corrected chi connectivity index (χ1v) is 9.34. The Labute approximate surface area is 155 Å². The van der Waals surface area contributed by atoms with Gasteiger partial charge in [-0.25, -0.2) is 13.1 Å². The number of benzene rings is 1. The number of ether oxygens (including phenoxy) is 3. The standard InChI is InChI=1S/C16H26N2O5S.ClH/c1-16(6-5-7-17-10-16)11-18-24(19,20)15-13(22-3)8-12(21-2)9-14(15)23-4;/h8-9,17-18H,5-7,10-11H2,1-4H3;1H. The molecule has 1 fully saturated rings. The van der Waals surface area contributed by atoms with Crippen LogP contribution in [0.15, 0.2) is 17.0 Å². The highest BCUT2D eigenvalue weighted by atomic mass is 35.5. The van der Waals surface area contributed by atoms with Crippen molar-refractivity contribution < 1.29 is 22.6 Å². The van der Waals surface area contributed by atoms with Gasteiger partial charge in [-0.3, -0.25) is 0 Å². The molecule has 0 amide bonds. The van der Waals surface area contributed by atoms with Crippen LogP contribution in [0.1, 0.15) is 19.8 Å². The van der Waals surface area contributed by atoms with Gasteiger partial charge >= 0.3 is 0 Å². The van der Waals surface area contributed by atoms with Crippen molar-refractivity contribution in [1.29, 1.82) is 0 Å². The fraction of sp³-hybridized carbons (Fsp3) is 0.625. The van der Waals surface area contributed by atoms with E-state index in [2.05, 4.69) is 17.0 Å². The van der Waals surface area contributed by atoms with Crippen molar-refractivity contribution >= 4 is 22.4 Å². The SMILES string of the molecule is COc1cc(OC)c(S(=O)(=O)NCC2(C)CCCNC2)c(OC)c1.Cl. The van der Waals surface area contributed by atoms with Crippen molar-refractivity contribution in [2.75, 3.05) is 41.0 Å². The minimum atomic E-state index is -3.79. The maximum atomic E-state index is 12.8. The Kier molecular flexibility index (Phi) is 7.80. The number of piperidine rings is 1. The predicted octanol–water partition coefficient (Wildman–Crippen LogP) is 1.80. The lowest BCUT2D eigenvalue weighted by atomic mass is 9.83. The maximum absolute atomic E-state index is 12.8. The smallest absolute Gasteiger partial charge is 0.247 e. The van der Waals surface area contributed by atoms with Crippen molar-refractivity contribution in [3.8, 4) is 17.2 Å². The van der Waals surface area contributed by atoms with Gasteiger partial charge in [-0.05, 0) is 24.8 Å². The summed E-state index contributed by atoms with van der Waals surface area (Å²) in [5.74, 6) is 0.835. The molecule has 0 radical (unpaired) electrons. The third kappa shape index (κ3) is 5.13. The zero-order chi connectivity index (χ0) is 17.8. The van der Waals surface area contributed by atoms with E-state index < -0.39 is 10.0 Å². The summed E-state index contributed by atoms with van der Waals surface area (Å²) in [6.07, 6.45) is 2.01. The Morgan fingerprint density at radius 3 is 2.20 bits per heavy atom. The van der Waals surface area contributed by atoms with E-state index in [1.807, 2.05) is 0 Å². The number of nitrogens with one attached hydrogen (secondary N) is 2. The van der Waals surface area contributed by atoms with Crippen molar-refractivity contribution in [2.24, 2.45) is 5.41 Å². The fourth-order valence-corrected chi connectivity index (χ4v) is 4.35. The summed E-state index contributed by atoms with van der Waals surface area (Å²) < 4.78 is 44.0. The van der Waals surface area contributed by atoms with Crippen LogP contribution in [0.25, 0.3) is 0 Å². The summed E-state index contributed by atoms with van der Waals surface area (Å²) in [5, 5.41) is 3.31. The molecule has 1 unspecified atom stereocenters. The normalized spacial score (nSPS) is 20.5. The molecule has 144 valence electrons.